The highest BCUT2D eigenvalue weighted by Crippen LogP contribution is 2.29. The first-order chi connectivity index (χ1) is 12.1. The number of benzene rings is 1. The Morgan fingerprint density at radius 2 is 2.04 bits per heavy atom. The molecule has 0 aliphatic heterocycles. The molecule has 2 amide bonds. The number of methoxy groups -OCH3 is 1. The zero-order chi connectivity index (χ0) is 17.8. The Bertz CT molecular complexity index is 750. The number of hydrogen-bond donors (Lipinski definition) is 1. The summed E-state index contributed by atoms with van der Waals surface area (Å²) in [6.07, 6.45) is 4.10. The van der Waals surface area contributed by atoms with Crippen molar-refractivity contribution in [2.75, 3.05) is 12.4 Å². The number of urea groups is 1. The maximum atomic E-state index is 12.6. The number of nitrogens with one attached hydrogen (secondary N) is 1. The quantitative estimate of drug-likeness (QED) is 0.814. The molecule has 1 saturated carbocycles. The topological polar surface area (TPSA) is 84.7 Å². The van der Waals surface area contributed by atoms with Crippen LogP contribution >= 0.6 is 0 Å². The first-order valence-electron chi connectivity index (χ1n) is 8.30. The van der Waals surface area contributed by atoms with Crippen molar-refractivity contribution in [3.05, 3.63) is 47.7 Å². The van der Waals surface area contributed by atoms with E-state index in [0.717, 1.165) is 24.9 Å². The summed E-state index contributed by atoms with van der Waals surface area (Å²) in [6, 6.07) is 7.74. The molecule has 0 saturated heterocycles. The van der Waals surface area contributed by atoms with Crippen molar-refractivity contribution in [3.8, 4) is 0 Å². The molecule has 25 heavy (non-hydrogen) atoms. The monoisotopic (exact) mass is 343 g/mol. The van der Waals surface area contributed by atoms with Crippen molar-refractivity contribution < 1.29 is 18.7 Å². The standard InChI is InChI=1S/C18H21N3O4/c1-3-12-4-6-13(7-5-12)19-18(23)21(14-8-9-14)10-16-20-15(11-25-16)17(22)24-2/h4-7,11,14H,3,8-10H2,1-2H3,(H,19,23). The summed E-state index contributed by atoms with van der Waals surface area (Å²) in [5.74, 6) is -0.253. The lowest BCUT2D eigenvalue weighted by molar-refractivity contribution is 0.0594. The van der Waals surface area contributed by atoms with E-state index in [1.807, 2.05) is 24.3 Å². The van der Waals surface area contributed by atoms with E-state index >= 15 is 0 Å². The second-order valence-corrected chi connectivity index (χ2v) is 5.96. The lowest BCUT2D eigenvalue weighted by Crippen LogP contribution is -2.36. The van der Waals surface area contributed by atoms with Gasteiger partial charge in [-0.1, -0.05) is 19.1 Å². The van der Waals surface area contributed by atoms with E-state index in [1.165, 1.54) is 18.9 Å². The molecule has 1 aromatic heterocycles. The van der Waals surface area contributed by atoms with Gasteiger partial charge in [-0.25, -0.2) is 14.6 Å². The second kappa shape index (κ2) is 7.38. The Labute approximate surface area is 146 Å². The molecular weight excluding hydrogens is 322 g/mol. The molecule has 1 aliphatic rings. The molecule has 7 heteroatoms. The van der Waals surface area contributed by atoms with Gasteiger partial charge in [0.05, 0.1) is 13.7 Å². The average Bonchev–Trinajstić information content (AvgIpc) is 3.37. The Kier molecular flexibility index (Phi) is 5.02. The van der Waals surface area contributed by atoms with Crippen LogP contribution in [-0.2, 0) is 17.7 Å². The number of nitrogens with zero attached hydrogens (tertiary/aromatic N) is 2. The van der Waals surface area contributed by atoms with E-state index in [9.17, 15) is 9.59 Å². The predicted molar refractivity (Wildman–Crippen MR) is 91.2 cm³/mol. The van der Waals surface area contributed by atoms with Gasteiger partial charge in [-0.15, -0.1) is 0 Å². The zero-order valence-corrected chi connectivity index (χ0v) is 14.3. The summed E-state index contributed by atoms with van der Waals surface area (Å²) >= 11 is 0. The van der Waals surface area contributed by atoms with Crippen LogP contribution in [0.15, 0.2) is 34.9 Å². The first-order valence-corrected chi connectivity index (χ1v) is 8.30. The van der Waals surface area contributed by atoms with Crippen LogP contribution in [-0.4, -0.2) is 35.0 Å². The number of esters is 1. The van der Waals surface area contributed by atoms with Crippen LogP contribution in [0, 0.1) is 0 Å². The minimum absolute atomic E-state index is 0.101. The van der Waals surface area contributed by atoms with Crippen molar-refractivity contribution in [1.29, 1.82) is 0 Å². The van der Waals surface area contributed by atoms with Crippen LogP contribution in [0.25, 0.3) is 0 Å². The van der Waals surface area contributed by atoms with Gasteiger partial charge in [0.2, 0.25) is 5.89 Å². The Morgan fingerprint density at radius 3 is 2.64 bits per heavy atom. The van der Waals surface area contributed by atoms with E-state index in [2.05, 4.69) is 22.0 Å². The largest absolute Gasteiger partial charge is 0.464 e. The van der Waals surface area contributed by atoms with E-state index < -0.39 is 5.97 Å². The molecule has 1 N–H and O–H groups in total. The predicted octanol–water partition coefficient (Wildman–Crippen LogP) is 3.22. The highest BCUT2D eigenvalue weighted by molar-refractivity contribution is 5.89. The summed E-state index contributed by atoms with van der Waals surface area (Å²) in [5, 5.41) is 2.90. The molecule has 1 aliphatic carbocycles. The van der Waals surface area contributed by atoms with Gasteiger partial charge in [-0.3, -0.25) is 0 Å². The van der Waals surface area contributed by atoms with Gasteiger partial charge in [0.1, 0.15) is 6.26 Å². The number of aromatic nitrogens is 1. The van der Waals surface area contributed by atoms with Crippen LogP contribution in [0.2, 0.25) is 0 Å². The third-order valence-electron chi connectivity index (χ3n) is 4.11. The Balaban J connectivity index is 1.66. The molecule has 0 atom stereocenters. The smallest absolute Gasteiger partial charge is 0.360 e. The molecule has 0 spiro atoms. The number of hydrogen-bond acceptors (Lipinski definition) is 5. The summed E-state index contributed by atoms with van der Waals surface area (Å²) in [4.78, 5) is 29.8. The van der Waals surface area contributed by atoms with Gasteiger partial charge in [0.15, 0.2) is 5.69 Å². The average molecular weight is 343 g/mol. The number of aryl methyl sites for hydroxylation is 1. The van der Waals surface area contributed by atoms with Crippen molar-refractivity contribution in [2.45, 2.75) is 38.8 Å². The van der Waals surface area contributed by atoms with Gasteiger partial charge in [-0.2, -0.15) is 0 Å². The summed E-state index contributed by atoms with van der Waals surface area (Å²) in [6.45, 7) is 2.29. The number of carbonyl (C=O) groups is 2. The Morgan fingerprint density at radius 1 is 1.32 bits per heavy atom. The highest BCUT2D eigenvalue weighted by Gasteiger charge is 2.34. The Hall–Kier alpha value is -2.83. The fourth-order valence-corrected chi connectivity index (χ4v) is 2.50. The number of anilines is 1. The van der Waals surface area contributed by atoms with Gasteiger partial charge in [0, 0.05) is 11.7 Å². The molecule has 1 fully saturated rings. The summed E-state index contributed by atoms with van der Waals surface area (Å²) in [5.41, 5.74) is 2.06. The van der Waals surface area contributed by atoms with Crippen molar-refractivity contribution >= 4 is 17.7 Å². The molecule has 0 bridgehead atoms. The number of oxazole rings is 1. The zero-order valence-electron chi connectivity index (χ0n) is 14.3. The number of rotatable bonds is 6. The third-order valence-corrected chi connectivity index (χ3v) is 4.11. The van der Waals surface area contributed by atoms with E-state index in [0.29, 0.717) is 5.89 Å². The summed E-state index contributed by atoms with van der Waals surface area (Å²) < 4.78 is 9.90. The third kappa shape index (κ3) is 4.17. The van der Waals surface area contributed by atoms with Crippen LogP contribution < -0.4 is 5.32 Å². The minimum atomic E-state index is -0.562. The fourth-order valence-electron chi connectivity index (χ4n) is 2.50. The first kappa shape index (κ1) is 17.0. The van der Waals surface area contributed by atoms with E-state index in [4.69, 9.17) is 4.42 Å². The van der Waals surface area contributed by atoms with Crippen molar-refractivity contribution in [2.24, 2.45) is 0 Å². The normalized spacial score (nSPS) is 13.4. The minimum Gasteiger partial charge on any atom is -0.464 e. The van der Waals surface area contributed by atoms with Gasteiger partial charge < -0.3 is 19.4 Å². The number of amides is 2. The lowest BCUT2D eigenvalue weighted by Gasteiger charge is -2.21. The number of ether oxygens (including phenoxy) is 1. The molecule has 7 nitrogen and oxygen atoms in total. The van der Waals surface area contributed by atoms with Crippen LogP contribution in [0.3, 0.4) is 0 Å². The van der Waals surface area contributed by atoms with Gasteiger partial charge in [-0.05, 0) is 37.0 Å². The molecular formula is C18H21N3O4. The van der Waals surface area contributed by atoms with Crippen LogP contribution in [0.1, 0.15) is 41.7 Å². The highest BCUT2D eigenvalue weighted by atomic mass is 16.5. The molecule has 0 unspecified atom stereocenters. The van der Waals surface area contributed by atoms with Gasteiger partial charge >= 0.3 is 12.0 Å². The molecule has 3 rings (SSSR count). The van der Waals surface area contributed by atoms with Crippen LogP contribution in [0.4, 0.5) is 10.5 Å². The number of carbonyl (C=O) groups excluding carboxylic acids is 2. The maximum absolute atomic E-state index is 12.6. The molecule has 132 valence electrons. The van der Waals surface area contributed by atoms with E-state index in [-0.39, 0.29) is 24.3 Å². The van der Waals surface area contributed by atoms with E-state index in [1.54, 1.807) is 4.90 Å². The molecule has 1 heterocycles. The van der Waals surface area contributed by atoms with Gasteiger partial charge in [0.25, 0.3) is 0 Å². The van der Waals surface area contributed by atoms with Crippen molar-refractivity contribution in [1.82, 2.24) is 9.88 Å². The fraction of sp³-hybridized carbons (Fsp3) is 0.389. The molecule has 1 aromatic carbocycles. The van der Waals surface area contributed by atoms with Crippen molar-refractivity contribution in [3.63, 3.8) is 0 Å². The second-order valence-electron chi connectivity index (χ2n) is 5.96. The lowest BCUT2D eigenvalue weighted by atomic mass is 10.1. The van der Waals surface area contributed by atoms with Crippen LogP contribution in [0.5, 0.6) is 0 Å². The summed E-state index contributed by atoms with van der Waals surface area (Å²) in [7, 11) is 1.28. The molecule has 0 radical (unpaired) electrons. The maximum Gasteiger partial charge on any atom is 0.360 e. The SMILES string of the molecule is CCc1ccc(NC(=O)N(Cc2nc(C(=O)OC)co2)C2CC2)cc1. The molecule has 2 aromatic rings.